The lowest BCUT2D eigenvalue weighted by Gasteiger charge is -2.19. The van der Waals surface area contributed by atoms with E-state index in [4.69, 9.17) is 4.98 Å². The van der Waals surface area contributed by atoms with Crippen molar-refractivity contribution in [2.24, 2.45) is 4.40 Å². The molecule has 3 aromatic rings. The largest absolute Gasteiger partial charge is 0.591 e. The van der Waals surface area contributed by atoms with Crippen molar-refractivity contribution >= 4 is 33.6 Å². The first-order valence-electron chi connectivity index (χ1n) is 8.33. The van der Waals surface area contributed by atoms with E-state index in [1.54, 1.807) is 6.33 Å². The van der Waals surface area contributed by atoms with E-state index in [1.165, 1.54) is 0 Å². The number of aromatic nitrogens is 4. The molecule has 0 aliphatic carbocycles. The van der Waals surface area contributed by atoms with E-state index in [0.717, 1.165) is 45.6 Å². The minimum atomic E-state index is -1.32. The molecule has 0 saturated carbocycles. The Bertz CT molecular complexity index is 971. The van der Waals surface area contributed by atoms with Gasteiger partial charge in [0.05, 0.1) is 11.2 Å². The predicted molar refractivity (Wildman–Crippen MR) is 103 cm³/mol. The maximum atomic E-state index is 12.4. The molecule has 0 radical (unpaired) electrons. The lowest BCUT2D eigenvalue weighted by molar-refractivity contribution is 0.561. The van der Waals surface area contributed by atoms with Crippen LogP contribution in [-0.2, 0) is 17.8 Å². The highest BCUT2D eigenvalue weighted by molar-refractivity contribution is 7.91. The molecule has 132 valence electrons. The van der Waals surface area contributed by atoms with E-state index >= 15 is 0 Å². The molecule has 25 heavy (non-hydrogen) atoms. The maximum Gasteiger partial charge on any atom is 0.171 e. The summed E-state index contributed by atoms with van der Waals surface area (Å²) in [5.41, 5.74) is 4.31. The molecule has 0 unspecified atom stereocenters. The van der Waals surface area contributed by atoms with Gasteiger partial charge in [-0.3, -0.25) is 4.40 Å². The van der Waals surface area contributed by atoms with Gasteiger partial charge in [-0.05, 0) is 52.3 Å². The van der Waals surface area contributed by atoms with Gasteiger partial charge in [-0.1, -0.05) is 11.3 Å². The van der Waals surface area contributed by atoms with Crippen molar-refractivity contribution < 1.29 is 4.55 Å². The summed E-state index contributed by atoms with van der Waals surface area (Å²) in [4.78, 5) is 4.83. The van der Waals surface area contributed by atoms with E-state index in [2.05, 4.69) is 27.6 Å². The second kappa shape index (κ2) is 6.38. The fourth-order valence-electron chi connectivity index (χ4n) is 2.70. The number of rotatable bonds is 3. The minimum absolute atomic E-state index is 0.400. The monoisotopic (exact) mass is 357 g/mol. The normalized spacial score (nSPS) is 14.4. The molecular formula is C18H23N5OS. The molecule has 3 rings (SSSR count). The number of fused-ring (bicyclic) bond motifs is 3. The van der Waals surface area contributed by atoms with Crippen LogP contribution in [0.4, 0.5) is 0 Å². The molecule has 0 bridgehead atoms. The topological polar surface area (TPSA) is 78.5 Å². The molecule has 2 heterocycles. The molecule has 1 atom stereocenters. The lowest BCUT2D eigenvalue weighted by atomic mass is 10.0. The van der Waals surface area contributed by atoms with Crippen LogP contribution in [0.1, 0.15) is 51.6 Å². The van der Waals surface area contributed by atoms with Gasteiger partial charge in [-0.25, -0.2) is 4.98 Å². The van der Waals surface area contributed by atoms with E-state index in [9.17, 15) is 4.55 Å². The van der Waals surface area contributed by atoms with Gasteiger partial charge in [0.1, 0.15) is 28.3 Å². The highest BCUT2D eigenvalue weighted by atomic mass is 32.2. The second-order valence-corrected chi connectivity index (χ2v) is 9.06. The number of aryl methyl sites for hydroxylation is 2. The van der Waals surface area contributed by atoms with Crippen LogP contribution < -0.4 is 0 Å². The van der Waals surface area contributed by atoms with Crippen molar-refractivity contribution in [3.63, 3.8) is 0 Å². The van der Waals surface area contributed by atoms with Crippen LogP contribution in [0.3, 0.4) is 0 Å². The summed E-state index contributed by atoms with van der Waals surface area (Å²) in [7, 11) is 0. The summed E-state index contributed by atoms with van der Waals surface area (Å²) < 4.78 is 18.4. The molecule has 7 heteroatoms. The van der Waals surface area contributed by atoms with Crippen molar-refractivity contribution in [2.45, 2.75) is 52.7 Å². The van der Waals surface area contributed by atoms with Crippen molar-refractivity contribution in [2.75, 3.05) is 0 Å². The van der Waals surface area contributed by atoms with Crippen molar-refractivity contribution in [1.29, 1.82) is 0 Å². The van der Waals surface area contributed by atoms with Gasteiger partial charge >= 0.3 is 0 Å². The van der Waals surface area contributed by atoms with Gasteiger partial charge in [0, 0.05) is 17.4 Å². The van der Waals surface area contributed by atoms with E-state index in [-0.39, 0.29) is 0 Å². The van der Waals surface area contributed by atoms with Gasteiger partial charge in [0.25, 0.3) is 0 Å². The van der Waals surface area contributed by atoms with Crippen LogP contribution in [0.2, 0.25) is 0 Å². The average Bonchev–Trinajstić information content (AvgIpc) is 3.02. The minimum Gasteiger partial charge on any atom is -0.591 e. The van der Waals surface area contributed by atoms with E-state index in [0.29, 0.717) is 0 Å². The zero-order valence-corrected chi connectivity index (χ0v) is 16.3. The quantitative estimate of drug-likeness (QED) is 0.531. The summed E-state index contributed by atoms with van der Waals surface area (Å²) in [5, 5.41) is 9.24. The zero-order chi connectivity index (χ0) is 18.4. The van der Waals surface area contributed by atoms with Crippen molar-refractivity contribution in [3.8, 4) is 0 Å². The third-order valence-corrected chi connectivity index (χ3v) is 5.50. The van der Waals surface area contributed by atoms with Crippen molar-refractivity contribution in [3.05, 3.63) is 35.4 Å². The number of hydrogen-bond donors (Lipinski definition) is 0. The molecule has 0 N–H and O–H groups in total. The molecule has 0 aliphatic heterocycles. The molecular weight excluding hydrogens is 334 g/mol. The first-order valence-corrected chi connectivity index (χ1v) is 9.43. The Morgan fingerprint density at radius 3 is 2.68 bits per heavy atom. The Kier molecular flexibility index (Phi) is 4.55. The zero-order valence-electron chi connectivity index (χ0n) is 15.5. The van der Waals surface area contributed by atoms with Crippen LogP contribution >= 0.6 is 0 Å². The van der Waals surface area contributed by atoms with Crippen LogP contribution in [0.15, 0.2) is 22.9 Å². The molecule has 6 nitrogen and oxygen atoms in total. The van der Waals surface area contributed by atoms with Gasteiger partial charge in [0.15, 0.2) is 5.65 Å². The third-order valence-electron chi connectivity index (χ3n) is 4.01. The number of nitrogens with zero attached hydrogens (tertiary/aromatic N) is 5. The summed E-state index contributed by atoms with van der Waals surface area (Å²) in [6.45, 7) is 11.7. The Hall–Kier alpha value is -1.99. The first-order chi connectivity index (χ1) is 11.7. The fourth-order valence-corrected chi connectivity index (χ4v) is 3.32. The smallest absolute Gasteiger partial charge is 0.171 e. The summed E-state index contributed by atoms with van der Waals surface area (Å²) in [5.74, 6) is 0.891. The average molecular weight is 357 g/mol. The van der Waals surface area contributed by atoms with Gasteiger partial charge in [-0.15, -0.1) is 10.2 Å². The van der Waals surface area contributed by atoms with E-state index < -0.39 is 16.1 Å². The number of hydrogen-bond acceptors (Lipinski definition) is 5. The molecule has 0 saturated heterocycles. The van der Waals surface area contributed by atoms with Crippen LogP contribution in [0.5, 0.6) is 0 Å². The lowest BCUT2D eigenvalue weighted by Crippen LogP contribution is -2.26. The van der Waals surface area contributed by atoms with Gasteiger partial charge in [0.2, 0.25) is 0 Å². The standard InChI is InChI=1S/C18H23N5OS/c1-7-15-20-16-13(12(3)22-25(24)18(4,5)6)8-11(2)9-14(16)17-21-19-10-23(15)17/h8-10H,7H2,1-6H3/t25-/m1/s1. The predicted octanol–water partition coefficient (Wildman–Crippen LogP) is 3.42. The first kappa shape index (κ1) is 17.8. The molecule has 0 spiro atoms. The summed E-state index contributed by atoms with van der Waals surface area (Å²) in [6, 6.07) is 4.10. The summed E-state index contributed by atoms with van der Waals surface area (Å²) >= 11 is -1.32. The van der Waals surface area contributed by atoms with Gasteiger partial charge < -0.3 is 4.55 Å². The Morgan fingerprint density at radius 1 is 1.32 bits per heavy atom. The Balaban J connectivity index is 2.30. The molecule has 1 aromatic carbocycles. The van der Waals surface area contributed by atoms with E-state index in [1.807, 2.05) is 45.1 Å². The van der Waals surface area contributed by atoms with Crippen LogP contribution in [-0.4, -0.2) is 34.6 Å². The Labute approximate surface area is 150 Å². The molecule has 0 aliphatic rings. The van der Waals surface area contributed by atoms with Gasteiger partial charge in [-0.2, -0.15) is 0 Å². The molecule has 2 aromatic heterocycles. The second-order valence-electron chi connectivity index (χ2n) is 7.15. The summed E-state index contributed by atoms with van der Waals surface area (Å²) in [6.07, 6.45) is 2.46. The highest BCUT2D eigenvalue weighted by Gasteiger charge is 2.27. The molecule has 0 amide bonds. The third kappa shape index (κ3) is 3.26. The van der Waals surface area contributed by atoms with Crippen molar-refractivity contribution in [1.82, 2.24) is 19.6 Å². The Morgan fingerprint density at radius 2 is 2.04 bits per heavy atom. The fraction of sp³-hybridized carbons (Fsp3) is 0.444. The SMILES string of the molecule is CCc1nc2c(C(C)=N[S@+]([O-])C(C)(C)C)cc(C)cc2c2nncn12. The molecule has 0 fully saturated rings. The highest BCUT2D eigenvalue weighted by Crippen LogP contribution is 2.26. The van der Waals surface area contributed by atoms with Crippen LogP contribution in [0.25, 0.3) is 16.6 Å². The maximum absolute atomic E-state index is 12.4. The van der Waals surface area contributed by atoms with Crippen LogP contribution in [0, 0.1) is 6.92 Å². The number of benzene rings is 1.